The third kappa shape index (κ3) is 6.44. The number of phenols is 1. The summed E-state index contributed by atoms with van der Waals surface area (Å²) >= 11 is 6.36. The quantitative estimate of drug-likeness (QED) is 0.360. The summed E-state index contributed by atoms with van der Waals surface area (Å²) in [7, 11) is -3.32. The molecule has 0 unspecified atom stereocenters. The second kappa shape index (κ2) is 10.0. The molecule has 0 bridgehead atoms. The molecular formula is C22H17Cl2NO7. The van der Waals surface area contributed by atoms with Crippen molar-refractivity contribution in [1.82, 2.24) is 0 Å². The van der Waals surface area contributed by atoms with E-state index < -0.39 is 10.2 Å². The third-order valence-electron chi connectivity index (χ3n) is 4.26. The van der Waals surface area contributed by atoms with Gasteiger partial charge in [-0.2, -0.15) is 0 Å². The van der Waals surface area contributed by atoms with Crippen molar-refractivity contribution in [3.05, 3.63) is 83.2 Å². The molecule has 1 heterocycles. The zero-order chi connectivity index (χ0) is 23.3. The highest BCUT2D eigenvalue weighted by Crippen LogP contribution is 2.29. The summed E-state index contributed by atoms with van der Waals surface area (Å²) < 4.78 is 45.4. The molecule has 3 aromatic carbocycles. The van der Waals surface area contributed by atoms with Gasteiger partial charge in [0.15, 0.2) is 0 Å². The van der Waals surface area contributed by atoms with Crippen molar-refractivity contribution in [2.24, 2.45) is 0 Å². The van der Waals surface area contributed by atoms with Crippen LogP contribution in [0.5, 0.6) is 11.5 Å². The lowest BCUT2D eigenvalue weighted by Gasteiger charge is -2.17. The van der Waals surface area contributed by atoms with Crippen molar-refractivity contribution >= 4 is 28.3 Å². The number of nitrogens with one attached hydrogen (secondary N) is 1. The average Bonchev–Trinajstić information content (AvgIpc) is 2.74. The Labute approximate surface area is 189 Å². The summed E-state index contributed by atoms with van der Waals surface area (Å²) in [6.45, 7) is 0. The van der Waals surface area contributed by atoms with Crippen LogP contribution in [0.1, 0.15) is 0 Å². The van der Waals surface area contributed by atoms with E-state index in [-0.39, 0.29) is 5.75 Å². The van der Waals surface area contributed by atoms with Gasteiger partial charge in [0.05, 0.1) is 23.6 Å². The van der Waals surface area contributed by atoms with Crippen LogP contribution >= 0.6 is 11.6 Å². The lowest BCUT2D eigenvalue weighted by molar-refractivity contribution is -2.00. The van der Waals surface area contributed by atoms with E-state index in [1.807, 2.05) is 48.5 Å². The molecule has 1 aromatic heterocycles. The first-order valence-corrected chi connectivity index (χ1v) is 10.6. The maximum absolute atomic E-state index is 9.51. The van der Waals surface area contributed by atoms with Gasteiger partial charge in [-0.15, -0.1) is 10.2 Å². The van der Waals surface area contributed by atoms with Crippen LogP contribution in [-0.2, 0) is 0 Å². The molecule has 0 spiro atoms. The smallest absolute Gasteiger partial charge is 0.218 e. The van der Waals surface area contributed by atoms with Gasteiger partial charge in [-0.3, -0.25) is 0 Å². The van der Waals surface area contributed by atoms with Crippen molar-refractivity contribution in [2.45, 2.75) is 0 Å². The maximum atomic E-state index is 9.51. The molecule has 4 aromatic rings. The fourth-order valence-corrected chi connectivity index (χ4v) is 3.12. The van der Waals surface area contributed by atoms with Crippen molar-refractivity contribution < 1.29 is 48.1 Å². The molecule has 32 heavy (non-hydrogen) atoms. The van der Waals surface area contributed by atoms with Crippen LogP contribution in [0.25, 0.3) is 22.3 Å². The Morgan fingerprint density at radius 3 is 2.22 bits per heavy atom. The number of fused-ring (bicyclic) bond motifs is 1. The van der Waals surface area contributed by atoms with E-state index in [0.29, 0.717) is 16.4 Å². The number of aromatic hydroxyl groups is 1. The molecule has 0 amide bonds. The van der Waals surface area contributed by atoms with Crippen molar-refractivity contribution in [3.8, 4) is 22.8 Å². The lowest BCUT2D eigenvalue weighted by atomic mass is 10.1. The fourth-order valence-electron chi connectivity index (χ4n) is 2.89. The van der Waals surface area contributed by atoms with Gasteiger partial charge in [-0.25, -0.2) is 23.6 Å². The average molecular weight is 478 g/mol. The predicted octanol–water partition coefficient (Wildman–Crippen LogP) is -0.976. The number of halogens is 2. The van der Waals surface area contributed by atoms with Crippen molar-refractivity contribution in [3.63, 3.8) is 0 Å². The van der Waals surface area contributed by atoms with Crippen LogP contribution in [0.3, 0.4) is 0 Å². The molecule has 0 aliphatic heterocycles. The summed E-state index contributed by atoms with van der Waals surface area (Å²) in [5.74, 6) is 1.60. The first-order chi connectivity index (χ1) is 15.1. The molecule has 8 nitrogen and oxygen atoms in total. The van der Waals surface area contributed by atoms with E-state index in [1.54, 1.807) is 31.4 Å². The minimum absolute atomic E-state index is 0.215. The maximum Gasteiger partial charge on any atom is 0.218 e. The number of benzene rings is 3. The van der Waals surface area contributed by atoms with Crippen LogP contribution in [0.15, 0.2) is 77.2 Å². The van der Waals surface area contributed by atoms with Crippen LogP contribution in [0.4, 0.5) is 5.69 Å². The van der Waals surface area contributed by atoms with Gasteiger partial charge in [0.25, 0.3) is 0 Å². The molecule has 4 rings (SSSR count). The second-order valence-corrected chi connectivity index (χ2v) is 7.58. The monoisotopic (exact) mass is 477 g/mol. The summed E-state index contributed by atoms with van der Waals surface area (Å²) in [6.07, 6.45) is 0. The van der Waals surface area contributed by atoms with Gasteiger partial charge in [0, 0.05) is 17.7 Å². The van der Waals surface area contributed by atoms with Crippen LogP contribution < -0.4 is 33.7 Å². The number of methoxy groups -OCH3 is 1. The lowest BCUT2D eigenvalue weighted by Crippen LogP contribution is -2.70. The minimum atomic E-state index is -4.94. The molecule has 166 valence electrons. The molecule has 10 heteroatoms. The Balaban J connectivity index is 0.000000523. The second-order valence-electron chi connectivity index (χ2n) is 6.42. The highest BCUT2D eigenvalue weighted by Gasteiger charge is 2.12. The Morgan fingerprint density at radius 2 is 1.59 bits per heavy atom. The van der Waals surface area contributed by atoms with Crippen LogP contribution in [0.2, 0.25) is 5.02 Å². The summed E-state index contributed by atoms with van der Waals surface area (Å²) in [4.78, 5) is 3.39. The van der Waals surface area contributed by atoms with Gasteiger partial charge in [-0.1, -0.05) is 23.7 Å². The number of phenolic OH excluding ortho intramolecular Hbond substituents is 1. The summed E-state index contributed by atoms with van der Waals surface area (Å²) in [5.41, 5.74) is 2.35. The van der Waals surface area contributed by atoms with Crippen molar-refractivity contribution in [2.75, 3.05) is 7.11 Å². The topological polar surface area (TPSA) is 149 Å². The van der Waals surface area contributed by atoms with Gasteiger partial charge in [-0.05, 0) is 42.5 Å². The van der Waals surface area contributed by atoms with Gasteiger partial charge >= 0.3 is 0 Å². The Bertz CT molecular complexity index is 1280. The van der Waals surface area contributed by atoms with Crippen LogP contribution in [0, 0.1) is 10.2 Å². The molecule has 0 saturated carbocycles. The number of rotatable bonds is 3. The largest absolute Gasteiger partial charge is 0.508 e. The standard InChI is InChI=1S/C22H16ClNO3.ClHO4/c1-26-16-10-11-21-18(12-16)20(24-14-6-8-15(25)9-7-14)13-22(27-21)17-4-2-3-5-19(17)23;2-1(3,4)5/h2-13,25H,1H3;(H,2,3,4,5). The van der Waals surface area contributed by atoms with Crippen LogP contribution in [-0.4, -0.2) is 12.2 Å². The van der Waals surface area contributed by atoms with E-state index in [9.17, 15) is 5.11 Å². The SMILES string of the molecule is COc1ccc2oc(-c3ccccc3Cl)cc(=[NH+]c3ccc(O)cc3)c2c1.[O-][Cl+3]([O-])([O-])[O-]. The normalized spacial score (nSPS) is 11.8. The van der Waals surface area contributed by atoms with Crippen molar-refractivity contribution in [1.29, 1.82) is 0 Å². The molecule has 0 atom stereocenters. The molecule has 0 radical (unpaired) electrons. The molecule has 0 aliphatic rings. The Morgan fingerprint density at radius 1 is 0.938 bits per heavy atom. The molecule has 0 saturated heterocycles. The minimum Gasteiger partial charge on any atom is -0.508 e. The number of ether oxygens (including phenoxy) is 1. The van der Waals surface area contributed by atoms with E-state index in [2.05, 4.69) is 4.99 Å². The molecular weight excluding hydrogens is 461 g/mol. The first-order valence-electron chi connectivity index (χ1n) is 9.01. The van der Waals surface area contributed by atoms with E-state index in [1.165, 1.54) is 0 Å². The Kier molecular flexibility index (Phi) is 7.37. The summed E-state index contributed by atoms with van der Waals surface area (Å²) in [6, 6.07) is 22.0. The number of hydrogen-bond donors (Lipinski definition) is 2. The molecule has 0 fully saturated rings. The first kappa shape index (κ1) is 23.6. The Hall–Kier alpha value is -3.11. The zero-order valence-electron chi connectivity index (χ0n) is 16.6. The van der Waals surface area contributed by atoms with E-state index in [4.69, 9.17) is 39.4 Å². The molecule has 0 aliphatic carbocycles. The zero-order valence-corrected chi connectivity index (χ0v) is 18.1. The van der Waals surface area contributed by atoms with E-state index >= 15 is 0 Å². The van der Waals surface area contributed by atoms with Gasteiger partial charge < -0.3 is 14.3 Å². The third-order valence-corrected chi connectivity index (χ3v) is 4.59. The summed E-state index contributed by atoms with van der Waals surface area (Å²) in [5, 5.41) is 11.8. The predicted molar refractivity (Wildman–Crippen MR) is 105 cm³/mol. The van der Waals surface area contributed by atoms with E-state index in [0.717, 1.165) is 27.7 Å². The van der Waals surface area contributed by atoms with Gasteiger partial charge in [0.1, 0.15) is 22.8 Å². The fraction of sp³-hybridized carbons (Fsp3) is 0.0455. The highest BCUT2D eigenvalue weighted by atomic mass is 35.7. The van der Waals surface area contributed by atoms with Gasteiger partial charge in [0.2, 0.25) is 11.0 Å². The highest BCUT2D eigenvalue weighted by molar-refractivity contribution is 6.33. The number of hydrogen-bond acceptors (Lipinski definition) is 7. The molecule has 2 N–H and O–H groups in total.